The van der Waals surface area contributed by atoms with Gasteiger partial charge < -0.3 is 15.4 Å². The Kier molecular flexibility index (Phi) is 3.97. The minimum absolute atomic E-state index is 0.104. The molecule has 1 heterocycles. The highest BCUT2D eigenvalue weighted by atomic mass is 19.1. The van der Waals surface area contributed by atoms with Crippen LogP contribution in [0.25, 0.3) is 0 Å². The van der Waals surface area contributed by atoms with E-state index in [2.05, 4.69) is 0 Å². The largest absolute Gasteiger partial charge is 0.489 e. The van der Waals surface area contributed by atoms with Crippen LogP contribution in [0.4, 0.5) is 4.39 Å². The summed E-state index contributed by atoms with van der Waals surface area (Å²) in [5, 5.41) is 0. The molecule has 0 bridgehead atoms. The zero-order valence-electron chi connectivity index (χ0n) is 12.3. The van der Waals surface area contributed by atoms with Gasteiger partial charge in [0.15, 0.2) is 0 Å². The predicted molar refractivity (Wildman–Crippen MR) is 81.1 cm³/mol. The average molecular weight is 314 g/mol. The van der Waals surface area contributed by atoms with Crippen LogP contribution >= 0.6 is 0 Å². The summed E-state index contributed by atoms with van der Waals surface area (Å²) in [4.78, 5) is 24.6. The van der Waals surface area contributed by atoms with Crippen LogP contribution in [0.15, 0.2) is 42.5 Å². The maximum atomic E-state index is 13.1. The predicted octanol–water partition coefficient (Wildman–Crippen LogP) is 1.85. The number of nitrogens with two attached hydrogens (primary N) is 1. The summed E-state index contributed by atoms with van der Waals surface area (Å²) in [6.45, 7) is 0.462. The van der Waals surface area contributed by atoms with Crippen molar-refractivity contribution in [1.82, 2.24) is 4.90 Å². The highest BCUT2D eigenvalue weighted by Crippen LogP contribution is 2.27. The molecule has 0 radical (unpaired) electrons. The van der Waals surface area contributed by atoms with Gasteiger partial charge in [0.05, 0.1) is 6.54 Å². The van der Waals surface area contributed by atoms with Gasteiger partial charge in [-0.15, -0.1) is 0 Å². The van der Waals surface area contributed by atoms with Gasteiger partial charge in [-0.1, -0.05) is 18.2 Å². The van der Waals surface area contributed by atoms with Crippen LogP contribution < -0.4 is 10.5 Å². The molecule has 2 amide bonds. The summed E-state index contributed by atoms with van der Waals surface area (Å²) in [6, 6.07) is 11.3. The molecule has 2 N–H and O–H groups in total. The molecule has 2 aromatic carbocycles. The van der Waals surface area contributed by atoms with E-state index in [4.69, 9.17) is 10.5 Å². The van der Waals surface area contributed by atoms with Crippen molar-refractivity contribution in [3.05, 3.63) is 65.0 Å². The SMILES string of the molecule is NC(=O)CN1Cc2ccc(OCc3cccc(F)c3)cc2C1=O. The Morgan fingerprint density at radius 2 is 2.09 bits per heavy atom. The Hall–Kier alpha value is -2.89. The average Bonchev–Trinajstić information content (AvgIpc) is 2.81. The Morgan fingerprint density at radius 1 is 1.26 bits per heavy atom. The van der Waals surface area contributed by atoms with Gasteiger partial charge in [-0.3, -0.25) is 9.59 Å². The van der Waals surface area contributed by atoms with E-state index in [-0.39, 0.29) is 24.9 Å². The van der Waals surface area contributed by atoms with Crippen LogP contribution in [0.2, 0.25) is 0 Å². The number of ether oxygens (including phenoxy) is 1. The minimum Gasteiger partial charge on any atom is -0.489 e. The van der Waals surface area contributed by atoms with Crippen LogP contribution in [0, 0.1) is 5.82 Å². The van der Waals surface area contributed by atoms with E-state index in [1.165, 1.54) is 17.0 Å². The van der Waals surface area contributed by atoms with Crippen molar-refractivity contribution >= 4 is 11.8 Å². The standard InChI is InChI=1S/C17H15FN2O3/c18-13-3-1-2-11(6-13)10-23-14-5-4-12-8-20(9-16(19)21)17(22)15(12)7-14/h1-7H,8-10H2,(H2,19,21). The highest BCUT2D eigenvalue weighted by Gasteiger charge is 2.28. The Bertz CT molecular complexity index is 776. The number of fused-ring (bicyclic) bond motifs is 1. The van der Waals surface area contributed by atoms with Gasteiger partial charge in [0, 0.05) is 12.1 Å². The topological polar surface area (TPSA) is 72.6 Å². The molecule has 6 heteroatoms. The first-order chi connectivity index (χ1) is 11.0. The third-order valence-corrected chi connectivity index (χ3v) is 3.60. The molecule has 5 nitrogen and oxygen atoms in total. The van der Waals surface area contributed by atoms with Gasteiger partial charge in [-0.25, -0.2) is 4.39 Å². The van der Waals surface area contributed by atoms with Crippen LogP contribution in [0.5, 0.6) is 5.75 Å². The first-order valence-corrected chi connectivity index (χ1v) is 7.10. The molecule has 23 heavy (non-hydrogen) atoms. The van der Waals surface area contributed by atoms with E-state index in [1.807, 2.05) is 0 Å². The quantitative estimate of drug-likeness (QED) is 0.915. The lowest BCUT2D eigenvalue weighted by atomic mass is 10.1. The van der Waals surface area contributed by atoms with Crippen LogP contribution in [-0.4, -0.2) is 23.3 Å². The van der Waals surface area contributed by atoms with Crippen molar-refractivity contribution < 1.29 is 18.7 Å². The van der Waals surface area contributed by atoms with Crippen molar-refractivity contribution in [1.29, 1.82) is 0 Å². The minimum atomic E-state index is -0.547. The fourth-order valence-electron chi connectivity index (χ4n) is 2.54. The molecule has 0 aliphatic carbocycles. The molecule has 1 aliphatic heterocycles. The first kappa shape index (κ1) is 15.0. The van der Waals surface area contributed by atoms with Crippen LogP contribution in [-0.2, 0) is 17.9 Å². The van der Waals surface area contributed by atoms with Crippen LogP contribution in [0.1, 0.15) is 21.5 Å². The lowest BCUT2D eigenvalue weighted by molar-refractivity contribution is -0.118. The molecule has 1 aliphatic rings. The number of carbonyl (C=O) groups excluding carboxylic acids is 2. The molecular weight excluding hydrogens is 299 g/mol. The summed E-state index contributed by atoms with van der Waals surface area (Å²) >= 11 is 0. The molecule has 3 rings (SSSR count). The van der Waals surface area contributed by atoms with Crippen molar-refractivity contribution in [3.8, 4) is 5.75 Å². The van der Waals surface area contributed by atoms with Crippen LogP contribution in [0.3, 0.4) is 0 Å². The Balaban J connectivity index is 1.71. The van der Waals surface area contributed by atoms with Gasteiger partial charge in [-0.2, -0.15) is 0 Å². The fraction of sp³-hybridized carbons (Fsp3) is 0.176. The monoisotopic (exact) mass is 314 g/mol. The van der Waals surface area contributed by atoms with Crippen molar-refractivity contribution in [2.45, 2.75) is 13.2 Å². The molecule has 0 saturated carbocycles. The number of rotatable bonds is 5. The van der Waals surface area contributed by atoms with Crippen molar-refractivity contribution in [3.63, 3.8) is 0 Å². The molecule has 0 atom stereocenters. The summed E-state index contributed by atoms with van der Waals surface area (Å²) < 4.78 is 18.7. The number of nitrogens with zero attached hydrogens (tertiary/aromatic N) is 1. The third-order valence-electron chi connectivity index (χ3n) is 3.60. The maximum Gasteiger partial charge on any atom is 0.255 e. The van der Waals surface area contributed by atoms with E-state index in [9.17, 15) is 14.0 Å². The number of halogens is 1. The number of hydrogen-bond donors (Lipinski definition) is 1. The van der Waals surface area contributed by atoms with Gasteiger partial charge >= 0.3 is 0 Å². The van der Waals surface area contributed by atoms with Gasteiger partial charge in [0.2, 0.25) is 5.91 Å². The van der Waals surface area contributed by atoms with E-state index >= 15 is 0 Å². The molecule has 0 saturated heterocycles. The fourth-order valence-corrected chi connectivity index (χ4v) is 2.54. The molecular formula is C17H15FN2O3. The second kappa shape index (κ2) is 6.08. The maximum absolute atomic E-state index is 13.1. The summed E-state index contributed by atoms with van der Waals surface area (Å²) in [5.74, 6) is -0.594. The first-order valence-electron chi connectivity index (χ1n) is 7.10. The number of amides is 2. The molecule has 2 aromatic rings. The van der Waals surface area contributed by atoms with E-state index in [0.717, 1.165) is 5.56 Å². The molecule has 0 spiro atoms. The summed E-state index contributed by atoms with van der Waals surface area (Å²) in [6.07, 6.45) is 0. The molecule has 0 unspecified atom stereocenters. The second-order valence-corrected chi connectivity index (χ2v) is 5.37. The number of carbonyl (C=O) groups is 2. The second-order valence-electron chi connectivity index (χ2n) is 5.37. The lowest BCUT2D eigenvalue weighted by Gasteiger charge is -2.12. The highest BCUT2D eigenvalue weighted by molar-refractivity contribution is 6.00. The van der Waals surface area contributed by atoms with Gasteiger partial charge in [0.1, 0.15) is 18.2 Å². The summed E-state index contributed by atoms with van der Waals surface area (Å²) in [7, 11) is 0. The van der Waals surface area contributed by atoms with Crippen molar-refractivity contribution in [2.24, 2.45) is 5.73 Å². The zero-order chi connectivity index (χ0) is 16.4. The van der Waals surface area contributed by atoms with Gasteiger partial charge in [-0.05, 0) is 35.4 Å². The molecule has 0 aromatic heterocycles. The third kappa shape index (κ3) is 3.31. The molecule has 0 fully saturated rings. The van der Waals surface area contributed by atoms with E-state index < -0.39 is 5.91 Å². The lowest BCUT2D eigenvalue weighted by Crippen LogP contribution is -2.33. The van der Waals surface area contributed by atoms with E-state index in [0.29, 0.717) is 23.4 Å². The van der Waals surface area contributed by atoms with Crippen molar-refractivity contribution in [2.75, 3.05) is 6.54 Å². The van der Waals surface area contributed by atoms with Gasteiger partial charge in [0.25, 0.3) is 5.91 Å². The smallest absolute Gasteiger partial charge is 0.255 e. The normalized spacial score (nSPS) is 13.1. The Morgan fingerprint density at radius 3 is 2.83 bits per heavy atom. The number of benzene rings is 2. The van der Waals surface area contributed by atoms with E-state index in [1.54, 1.807) is 30.3 Å². The molecule has 118 valence electrons. The zero-order valence-corrected chi connectivity index (χ0v) is 12.3. The number of hydrogen-bond acceptors (Lipinski definition) is 3. The summed E-state index contributed by atoms with van der Waals surface area (Å²) in [5.41, 5.74) is 7.17. The Labute approximate surface area is 132 Å². The number of primary amides is 1.